The topological polar surface area (TPSA) is 34.1 Å². The van der Waals surface area contributed by atoms with Gasteiger partial charge in [-0.05, 0) is 23.1 Å². The molecule has 94 valence electrons. The summed E-state index contributed by atoms with van der Waals surface area (Å²) in [5.41, 5.74) is 2.97. The van der Waals surface area contributed by atoms with Gasteiger partial charge < -0.3 is 0 Å². The zero-order chi connectivity index (χ0) is 13.0. The molecule has 0 N–H and O–H groups in total. The molecule has 0 atom stereocenters. The van der Waals surface area contributed by atoms with Crippen LogP contribution in [0.1, 0.15) is 5.56 Å². The number of halogens is 1. The summed E-state index contributed by atoms with van der Waals surface area (Å²) in [5, 5.41) is 0. The second-order valence-corrected chi connectivity index (χ2v) is 5.54. The Morgan fingerprint density at radius 2 is 1.39 bits per heavy atom. The third-order valence-corrected chi connectivity index (χ3v) is 3.39. The predicted molar refractivity (Wildman–Crippen MR) is 70.5 cm³/mol. The highest BCUT2D eigenvalue weighted by molar-refractivity contribution is 7.86. The molecule has 0 radical (unpaired) electrons. The molecule has 18 heavy (non-hydrogen) atoms. The minimum atomic E-state index is -4.38. The van der Waals surface area contributed by atoms with Gasteiger partial charge in [-0.3, -0.25) is 0 Å². The van der Waals surface area contributed by atoms with Gasteiger partial charge in [0.05, 0.1) is 5.75 Å². The highest BCUT2D eigenvalue weighted by atomic mass is 32.3. The summed E-state index contributed by atoms with van der Waals surface area (Å²) in [6.07, 6.45) is 0.202. The molecule has 0 saturated heterocycles. The third kappa shape index (κ3) is 3.67. The van der Waals surface area contributed by atoms with Gasteiger partial charge in [-0.1, -0.05) is 54.6 Å². The predicted octanol–water partition coefficient (Wildman–Crippen LogP) is 3.20. The first kappa shape index (κ1) is 12.8. The van der Waals surface area contributed by atoms with E-state index in [-0.39, 0.29) is 6.42 Å². The lowest BCUT2D eigenvalue weighted by molar-refractivity contribution is 0.551. The van der Waals surface area contributed by atoms with Crippen LogP contribution in [0, 0.1) is 0 Å². The van der Waals surface area contributed by atoms with Crippen molar-refractivity contribution in [3.63, 3.8) is 0 Å². The van der Waals surface area contributed by atoms with Gasteiger partial charge in [-0.25, -0.2) is 0 Å². The number of aryl methyl sites for hydroxylation is 1. The van der Waals surface area contributed by atoms with Crippen molar-refractivity contribution < 1.29 is 12.3 Å². The molecule has 0 fully saturated rings. The zero-order valence-corrected chi connectivity index (χ0v) is 10.5. The lowest BCUT2D eigenvalue weighted by Crippen LogP contribution is -2.01. The van der Waals surface area contributed by atoms with Crippen LogP contribution in [0.4, 0.5) is 3.89 Å². The van der Waals surface area contributed by atoms with E-state index in [0.717, 1.165) is 16.7 Å². The van der Waals surface area contributed by atoms with Crippen LogP contribution in [0.3, 0.4) is 0 Å². The molecule has 0 bridgehead atoms. The van der Waals surface area contributed by atoms with Crippen molar-refractivity contribution in [2.45, 2.75) is 6.42 Å². The molecular formula is C14H13FO2S. The maximum absolute atomic E-state index is 12.4. The summed E-state index contributed by atoms with van der Waals surface area (Å²) in [6, 6.07) is 17.3. The van der Waals surface area contributed by atoms with Gasteiger partial charge in [0.1, 0.15) is 0 Å². The summed E-state index contributed by atoms with van der Waals surface area (Å²) < 4.78 is 33.2. The molecular weight excluding hydrogens is 251 g/mol. The van der Waals surface area contributed by atoms with E-state index in [1.165, 1.54) is 0 Å². The Balaban J connectivity index is 2.11. The molecule has 0 heterocycles. The van der Waals surface area contributed by atoms with Gasteiger partial charge in [-0.2, -0.15) is 8.42 Å². The van der Waals surface area contributed by atoms with Crippen LogP contribution < -0.4 is 0 Å². The molecule has 0 amide bonds. The summed E-state index contributed by atoms with van der Waals surface area (Å²) >= 11 is 0. The molecule has 0 spiro atoms. The Hall–Kier alpha value is -1.68. The third-order valence-electron chi connectivity index (χ3n) is 2.70. The Kier molecular flexibility index (Phi) is 3.77. The standard InChI is InChI=1S/C14H13FO2S/c15-18(16,17)11-10-12-6-8-14(9-7-12)13-4-2-1-3-5-13/h1-9H,10-11H2. The van der Waals surface area contributed by atoms with Crippen molar-refractivity contribution in [2.75, 3.05) is 5.75 Å². The van der Waals surface area contributed by atoms with E-state index in [1.807, 2.05) is 54.6 Å². The lowest BCUT2D eigenvalue weighted by atomic mass is 10.0. The highest BCUT2D eigenvalue weighted by Crippen LogP contribution is 2.19. The minimum absolute atomic E-state index is 0.202. The number of hydrogen-bond donors (Lipinski definition) is 0. The maximum Gasteiger partial charge on any atom is 0.302 e. The molecule has 0 aliphatic rings. The van der Waals surface area contributed by atoms with Crippen molar-refractivity contribution in [2.24, 2.45) is 0 Å². The Labute approximate surface area is 106 Å². The molecule has 4 heteroatoms. The number of hydrogen-bond acceptors (Lipinski definition) is 2. The van der Waals surface area contributed by atoms with Crippen molar-refractivity contribution in [3.05, 3.63) is 60.2 Å². The van der Waals surface area contributed by atoms with Crippen LogP contribution in [0.2, 0.25) is 0 Å². The minimum Gasteiger partial charge on any atom is -0.195 e. The lowest BCUT2D eigenvalue weighted by Gasteiger charge is -2.03. The Bertz CT molecular complexity index is 604. The van der Waals surface area contributed by atoms with Crippen LogP contribution in [-0.4, -0.2) is 14.2 Å². The van der Waals surface area contributed by atoms with Gasteiger partial charge in [0.25, 0.3) is 0 Å². The maximum atomic E-state index is 12.4. The fourth-order valence-corrected chi connectivity index (χ4v) is 2.21. The van der Waals surface area contributed by atoms with Gasteiger partial charge in [-0.15, -0.1) is 3.89 Å². The summed E-state index contributed by atoms with van der Waals surface area (Å²) in [5.74, 6) is -0.461. The van der Waals surface area contributed by atoms with E-state index in [9.17, 15) is 12.3 Å². The molecule has 2 nitrogen and oxygen atoms in total. The fraction of sp³-hybridized carbons (Fsp3) is 0.143. The first-order valence-electron chi connectivity index (χ1n) is 5.61. The smallest absolute Gasteiger partial charge is 0.195 e. The van der Waals surface area contributed by atoms with E-state index < -0.39 is 16.0 Å². The molecule has 0 saturated carbocycles. The quantitative estimate of drug-likeness (QED) is 0.795. The Morgan fingerprint density at radius 3 is 1.94 bits per heavy atom. The average molecular weight is 264 g/mol. The molecule has 0 aliphatic carbocycles. The molecule has 0 unspecified atom stereocenters. The van der Waals surface area contributed by atoms with Crippen LogP contribution in [0.25, 0.3) is 11.1 Å². The van der Waals surface area contributed by atoms with Crippen molar-refractivity contribution >= 4 is 10.2 Å². The van der Waals surface area contributed by atoms with E-state index in [4.69, 9.17) is 0 Å². The summed E-state index contributed by atoms with van der Waals surface area (Å²) in [6.45, 7) is 0. The van der Waals surface area contributed by atoms with E-state index in [0.29, 0.717) is 0 Å². The van der Waals surface area contributed by atoms with Crippen LogP contribution in [0.5, 0.6) is 0 Å². The van der Waals surface area contributed by atoms with Crippen LogP contribution in [-0.2, 0) is 16.6 Å². The molecule has 2 aromatic rings. The fourth-order valence-electron chi connectivity index (χ4n) is 1.73. The molecule has 2 rings (SSSR count). The van der Waals surface area contributed by atoms with Crippen molar-refractivity contribution in [1.29, 1.82) is 0 Å². The second kappa shape index (κ2) is 5.31. The largest absolute Gasteiger partial charge is 0.302 e. The van der Waals surface area contributed by atoms with E-state index in [2.05, 4.69) is 0 Å². The monoisotopic (exact) mass is 264 g/mol. The Morgan fingerprint density at radius 1 is 0.833 bits per heavy atom. The van der Waals surface area contributed by atoms with E-state index in [1.54, 1.807) is 0 Å². The molecule has 0 aromatic heterocycles. The average Bonchev–Trinajstić information content (AvgIpc) is 2.37. The first-order valence-corrected chi connectivity index (χ1v) is 7.16. The normalized spacial score (nSPS) is 11.4. The molecule has 0 aliphatic heterocycles. The zero-order valence-electron chi connectivity index (χ0n) is 9.71. The SMILES string of the molecule is O=S(=O)(F)CCc1ccc(-c2ccccc2)cc1. The van der Waals surface area contributed by atoms with Gasteiger partial charge in [0.15, 0.2) is 0 Å². The van der Waals surface area contributed by atoms with Crippen molar-refractivity contribution in [3.8, 4) is 11.1 Å². The second-order valence-electron chi connectivity index (χ2n) is 4.06. The highest BCUT2D eigenvalue weighted by Gasteiger charge is 2.07. The van der Waals surface area contributed by atoms with Gasteiger partial charge in [0.2, 0.25) is 0 Å². The van der Waals surface area contributed by atoms with Crippen LogP contribution >= 0.6 is 0 Å². The van der Waals surface area contributed by atoms with Gasteiger partial charge in [0, 0.05) is 0 Å². The van der Waals surface area contributed by atoms with Gasteiger partial charge >= 0.3 is 10.2 Å². The summed E-state index contributed by atoms with van der Waals surface area (Å²) in [7, 11) is -4.38. The summed E-state index contributed by atoms with van der Waals surface area (Å²) in [4.78, 5) is 0. The number of rotatable bonds is 4. The van der Waals surface area contributed by atoms with Crippen molar-refractivity contribution in [1.82, 2.24) is 0 Å². The number of benzene rings is 2. The first-order chi connectivity index (χ1) is 8.54. The molecule has 2 aromatic carbocycles. The van der Waals surface area contributed by atoms with E-state index >= 15 is 0 Å². The van der Waals surface area contributed by atoms with Crippen LogP contribution in [0.15, 0.2) is 54.6 Å².